The molecule has 0 atom stereocenters. The average molecular weight is 331 g/mol. The lowest BCUT2D eigenvalue weighted by atomic mass is 9.93. The molecule has 0 radical (unpaired) electrons. The Morgan fingerprint density at radius 3 is 2.46 bits per heavy atom. The third-order valence-corrected chi connectivity index (χ3v) is 3.65. The molecule has 0 spiro atoms. The van der Waals surface area contributed by atoms with Gasteiger partial charge in [-0.2, -0.15) is 0 Å². The summed E-state index contributed by atoms with van der Waals surface area (Å²) in [6.07, 6.45) is 0.357. The molecule has 6 nitrogen and oxygen atoms in total. The number of aromatic nitrogens is 3. The zero-order valence-electron chi connectivity index (χ0n) is 13.7. The first-order valence-electron chi connectivity index (χ1n) is 7.59. The molecule has 0 saturated carbocycles. The quantitative estimate of drug-likeness (QED) is 0.735. The molecule has 126 valence electrons. The maximum absolute atomic E-state index is 13.0. The van der Waals surface area contributed by atoms with Crippen LogP contribution >= 0.6 is 0 Å². The van der Waals surface area contributed by atoms with Crippen LogP contribution in [-0.4, -0.2) is 14.9 Å². The molecule has 1 aromatic carbocycles. The molecule has 0 amide bonds. The summed E-state index contributed by atoms with van der Waals surface area (Å²) in [4.78, 5) is 11.9. The fourth-order valence-electron chi connectivity index (χ4n) is 2.27. The summed E-state index contributed by atoms with van der Waals surface area (Å²) < 4.78 is 24.5. The van der Waals surface area contributed by atoms with Crippen LogP contribution in [0, 0.1) is 5.82 Å². The van der Waals surface area contributed by atoms with Gasteiger partial charge in [-0.1, -0.05) is 43.2 Å². The maximum atomic E-state index is 13.0. The van der Waals surface area contributed by atoms with E-state index in [4.69, 9.17) is 9.05 Å². The lowest BCUT2D eigenvalue weighted by Crippen LogP contribution is -2.18. The molecular weight excluding hydrogens is 313 g/mol. The van der Waals surface area contributed by atoms with Crippen LogP contribution in [-0.2, 0) is 18.4 Å². The van der Waals surface area contributed by atoms with E-state index in [1.54, 1.807) is 12.1 Å². The third kappa shape index (κ3) is 3.45. The Labute approximate surface area is 137 Å². The van der Waals surface area contributed by atoms with Crippen molar-refractivity contribution in [2.45, 2.75) is 39.2 Å². The lowest BCUT2D eigenvalue weighted by molar-refractivity contribution is 0.324. The number of hydrogen-bond donors (Lipinski definition) is 0. The molecule has 2 heterocycles. The molecule has 0 unspecified atom stereocenters. The van der Waals surface area contributed by atoms with Crippen LogP contribution in [0.4, 0.5) is 4.39 Å². The van der Waals surface area contributed by atoms with Crippen LogP contribution in [0.25, 0.3) is 0 Å². The predicted octanol–water partition coefficient (Wildman–Crippen LogP) is 2.90. The van der Waals surface area contributed by atoms with E-state index < -0.39 is 5.76 Å². The molecule has 3 aromatic rings. The molecule has 0 saturated heterocycles. The summed E-state index contributed by atoms with van der Waals surface area (Å²) in [5, 5.41) is 7.81. The van der Waals surface area contributed by atoms with Gasteiger partial charge in [0.05, 0.1) is 6.54 Å². The highest BCUT2D eigenvalue weighted by Gasteiger charge is 2.21. The van der Waals surface area contributed by atoms with Crippen molar-refractivity contribution in [1.82, 2.24) is 14.9 Å². The Bertz CT molecular complexity index is 885. The smallest absolute Gasteiger partial charge is 0.361 e. The van der Waals surface area contributed by atoms with Gasteiger partial charge in [-0.05, 0) is 17.7 Å². The van der Waals surface area contributed by atoms with Gasteiger partial charge in [0.2, 0.25) is 0 Å². The normalized spacial score (nSPS) is 11.8. The Morgan fingerprint density at radius 2 is 1.83 bits per heavy atom. The van der Waals surface area contributed by atoms with Crippen molar-refractivity contribution in [1.29, 1.82) is 0 Å². The lowest BCUT2D eigenvalue weighted by Gasteiger charge is -2.12. The van der Waals surface area contributed by atoms with Crippen molar-refractivity contribution < 1.29 is 13.4 Å². The predicted molar refractivity (Wildman–Crippen MR) is 84.3 cm³/mol. The first-order chi connectivity index (χ1) is 11.3. The minimum Gasteiger partial charge on any atom is -0.361 e. The van der Waals surface area contributed by atoms with Gasteiger partial charge in [0, 0.05) is 17.9 Å². The highest BCUT2D eigenvalue weighted by molar-refractivity contribution is 5.20. The largest absolute Gasteiger partial charge is 0.441 e. The third-order valence-electron chi connectivity index (χ3n) is 3.65. The monoisotopic (exact) mass is 331 g/mol. The van der Waals surface area contributed by atoms with E-state index in [0.717, 1.165) is 11.3 Å². The topological polar surface area (TPSA) is 74.1 Å². The van der Waals surface area contributed by atoms with Crippen LogP contribution in [0.5, 0.6) is 0 Å². The van der Waals surface area contributed by atoms with Gasteiger partial charge in [0.15, 0.2) is 5.82 Å². The molecule has 3 rings (SSSR count). The molecule has 2 aromatic heterocycles. The number of halogens is 1. The van der Waals surface area contributed by atoms with Gasteiger partial charge in [-0.25, -0.2) is 9.18 Å². The van der Waals surface area contributed by atoms with E-state index in [1.165, 1.54) is 16.7 Å². The zero-order chi connectivity index (χ0) is 17.3. The second-order valence-electron chi connectivity index (χ2n) is 6.69. The van der Waals surface area contributed by atoms with Crippen molar-refractivity contribution in [2.24, 2.45) is 0 Å². The van der Waals surface area contributed by atoms with Gasteiger partial charge in [0.25, 0.3) is 0 Å². The van der Waals surface area contributed by atoms with Crippen molar-refractivity contribution in [2.75, 3.05) is 0 Å². The summed E-state index contributed by atoms with van der Waals surface area (Å²) in [5.41, 5.74) is 1.28. The summed E-state index contributed by atoms with van der Waals surface area (Å²) in [6, 6.07) is 7.84. The van der Waals surface area contributed by atoms with Gasteiger partial charge in [-0.15, -0.1) is 0 Å². The number of hydrogen-bond acceptors (Lipinski definition) is 5. The summed E-state index contributed by atoms with van der Waals surface area (Å²) in [6.45, 7) is 6.26. The second kappa shape index (κ2) is 6.07. The van der Waals surface area contributed by atoms with E-state index >= 15 is 0 Å². The van der Waals surface area contributed by atoms with Crippen molar-refractivity contribution in [3.63, 3.8) is 0 Å². The molecule has 0 N–H and O–H groups in total. The summed E-state index contributed by atoms with van der Waals surface area (Å²) in [7, 11) is 0. The van der Waals surface area contributed by atoms with Gasteiger partial charge in [0.1, 0.15) is 17.3 Å². The fourth-order valence-corrected chi connectivity index (χ4v) is 2.27. The maximum Gasteiger partial charge on any atom is 0.441 e. The first kappa shape index (κ1) is 16.2. The molecule has 0 aliphatic rings. The molecule has 0 aliphatic carbocycles. The van der Waals surface area contributed by atoms with Crippen LogP contribution in [0.2, 0.25) is 0 Å². The summed E-state index contributed by atoms with van der Waals surface area (Å²) in [5.74, 6) is 0.315. The minimum absolute atomic E-state index is 0.165. The standard InChI is InChI=1S/C17H18FN3O3/c1-17(2,3)14-9-13(19-23-14)10-21-15(20-24-16(21)22)8-11-4-6-12(18)7-5-11/h4-7,9H,8,10H2,1-3H3. The van der Waals surface area contributed by atoms with Crippen molar-refractivity contribution in [3.8, 4) is 0 Å². The highest BCUT2D eigenvalue weighted by atomic mass is 19.1. The molecular formula is C17H18FN3O3. The molecule has 0 fully saturated rings. The molecule has 0 aliphatic heterocycles. The molecule has 7 heteroatoms. The van der Waals surface area contributed by atoms with Crippen LogP contribution < -0.4 is 5.76 Å². The van der Waals surface area contributed by atoms with E-state index in [1.807, 2.05) is 26.8 Å². The van der Waals surface area contributed by atoms with E-state index in [9.17, 15) is 9.18 Å². The molecule has 24 heavy (non-hydrogen) atoms. The van der Waals surface area contributed by atoms with Gasteiger partial charge >= 0.3 is 5.76 Å². The SMILES string of the molecule is CC(C)(C)c1cc(Cn2c(Cc3ccc(F)cc3)noc2=O)no1. The first-order valence-corrected chi connectivity index (χ1v) is 7.59. The Balaban J connectivity index is 1.84. The number of nitrogens with zero attached hydrogens (tertiary/aromatic N) is 3. The van der Waals surface area contributed by atoms with Crippen LogP contribution in [0.3, 0.4) is 0 Å². The fraction of sp³-hybridized carbons (Fsp3) is 0.353. The van der Waals surface area contributed by atoms with Gasteiger partial charge in [-0.3, -0.25) is 9.09 Å². The van der Waals surface area contributed by atoms with Gasteiger partial charge < -0.3 is 4.52 Å². The van der Waals surface area contributed by atoms with Crippen molar-refractivity contribution in [3.05, 3.63) is 69.5 Å². The highest BCUT2D eigenvalue weighted by Crippen LogP contribution is 2.23. The van der Waals surface area contributed by atoms with E-state index in [0.29, 0.717) is 17.9 Å². The average Bonchev–Trinajstić information content (AvgIpc) is 3.11. The van der Waals surface area contributed by atoms with E-state index in [2.05, 4.69) is 10.3 Å². The Hall–Kier alpha value is -2.70. The van der Waals surface area contributed by atoms with E-state index in [-0.39, 0.29) is 17.8 Å². The van der Waals surface area contributed by atoms with Crippen LogP contribution in [0.15, 0.2) is 44.2 Å². The van der Waals surface area contributed by atoms with Crippen molar-refractivity contribution >= 4 is 0 Å². The Kier molecular flexibility index (Phi) is 4.09. The number of benzene rings is 1. The van der Waals surface area contributed by atoms with Crippen LogP contribution in [0.1, 0.15) is 43.6 Å². The second-order valence-corrected chi connectivity index (χ2v) is 6.69. The zero-order valence-corrected chi connectivity index (χ0v) is 13.7. The minimum atomic E-state index is -0.563. The number of rotatable bonds is 4. The summed E-state index contributed by atoms with van der Waals surface area (Å²) >= 11 is 0. The Morgan fingerprint density at radius 1 is 1.12 bits per heavy atom. The molecule has 0 bridgehead atoms.